The summed E-state index contributed by atoms with van der Waals surface area (Å²) in [5.41, 5.74) is -0.645. The average molecular weight is 271 g/mol. The van der Waals surface area contributed by atoms with Crippen LogP contribution in [0.15, 0.2) is 0 Å². The van der Waals surface area contributed by atoms with E-state index in [0.29, 0.717) is 18.4 Å². The molecule has 1 fully saturated rings. The molecule has 4 heteroatoms. The van der Waals surface area contributed by atoms with Crippen molar-refractivity contribution >= 4 is 5.97 Å². The summed E-state index contributed by atoms with van der Waals surface area (Å²) < 4.78 is 11.0. The van der Waals surface area contributed by atoms with Gasteiger partial charge in [0.1, 0.15) is 5.54 Å². The SMILES string of the molecule is CCCNC(COC(C)C(C)C)(C(=O)OC)C1CC1. The fraction of sp³-hybridized carbons (Fsp3) is 0.933. The third-order valence-electron chi connectivity index (χ3n) is 4.03. The van der Waals surface area contributed by atoms with Crippen molar-refractivity contribution in [2.45, 2.75) is 58.6 Å². The topological polar surface area (TPSA) is 47.6 Å². The van der Waals surface area contributed by atoms with Crippen LogP contribution in [-0.2, 0) is 14.3 Å². The van der Waals surface area contributed by atoms with Crippen LogP contribution in [0.25, 0.3) is 0 Å². The Kier molecular flexibility index (Phi) is 6.27. The number of carbonyl (C=O) groups excluding carboxylic acids is 1. The van der Waals surface area contributed by atoms with Crippen molar-refractivity contribution in [3.8, 4) is 0 Å². The summed E-state index contributed by atoms with van der Waals surface area (Å²) in [6.07, 6.45) is 3.29. The minimum absolute atomic E-state index is 0.145. The lowest BCUT2D eigenvalue weighted by Gasteiger charge is -2.33. The Labute approximate surface area is 117 Å². The van der Waals surface area contributed by atoms with Gasteiger partial charge in [0.25, 0.3) is 0 Å². The molecule has 1 aliphatic carbocycles. The van der Waals surface area contributed by atoms with Crippen molar-refractivity contribution in [2.24, 2.45) is 11.8 Å². The van der Waals surface area contributed by atoms with Crippen molar-refractivity contribution < 1.29 is 14.3 Å². The lowest BCUT2D eigenvalue weighted by Crippen LogP contribution is -2.58. The van der Waals surface area contributed by atoms with Crippen molar-refractivity contribution in [1.29, 1.82) is 0 Å². The Hall–Kier alpha value is -0.610. The minimum Gasteiger partial charge on any atom is -0.468 e. The van der Waals surface area contributed by atoms with Gasteiger partial charge in [0.05, 0.1) is 19.8 Å². The maximum atomic E-state index is 12.2. The van der Waals surface area contributed by atoms with Gasteiger partial charge in [-0.2, -0.15) is 0 Å². The minimum atomic E-state index is -0.645. The van der Waals surface area contributed by atoms with Gasteiger partial charge in [0, 0.05) is 0 Å². The van der Waals surface area contributed by atoms with E-state index < -0.39 is 5.54 Å². The summed E-state index contributed by atoms with van der Waals surface area (Å²) in [5, 5.41) is 3.39. The smallest absolute Gasteiger partial charge is 0.328 e. The van der Waals surface area contributed by atoms with Gasteiger partial charge in [0.2, 0.25) is 0 Å². The second-order valence-corrected chi connectivity index (χ2v) is 5.92. The molecule has 0 aromatic heterocycles. The molecule has 0 aromatic carbocycles. The van der Waals surface area contributed by atoms with Crippen LogP contribution in [0.3, 0.4) is 0 Å². The normalized spacial score (nSPS) is 20.1. The summed E-state index contributed by atoms with van der Waals surface area (Å²) in [4.78, 5) is 12.2. The third kappa shape index (κ3) is 4.18. The van der Waals surface area contributed by atoms with Crippen LogP contribution in [0.1, 0.15) is 47.0 Å². The second-order valence-electron chi connectivity index (χ2n) is 5.92. The zero-order valence-corrected chi connectivity index (χ0v) is 13.0. The fourth-order valence-corrected chi connectivity index (χ4v) is 2.17. The fourth-order valence-electron chi connectivity index (χ4n) is 2.17. The Bertz CT molecular complexity index is 289. The van der Waals surface area contributed by atoms with Crippen molar-refractivity contribution in [1.82, 2.24) is 5.32 Å². The van der Waals surface area contributed by atoms with Gasteiger partial charge in [-0.3, -0.25) is 5.32 Å². The first-order chi connectivity index (χ1) is 8.97. The first-order valence-electron chi connectivity index (χ1n) is 7.43. The highest BCUT2D eigenvalue weighted by atomic mass is 16.5. The molecule has 0 aliphatic heterocycles. The molecule has 0 spiro atoms. The molecule has 0 bridgehead atoms. The zero-order chi connectivity index (χ0) is 14.5. The number of rotatable bonds is 9. The Morgan fingerprint density at radius 3 is 2.42 bits per heavy atom. The van der Waals surface area contributed by atoms with Gasteiger partial charge in [0.15, 0.2) is 0 Å². The van der Waals surface area contributed by atoms with Crippen LogP contribution in [-0.4, -0.2) is 37.9 Å². The molecule has 0 radical (unpaired) electrons. The van der Waals surface area contributed by atoms with E-state index in [1.807, 2.05) is 0 Å². The van der Waals surface area contributed by atoms with E-state index in [-0.39, 0.29) is 12.1 Å². The summed E-state index contributed by atoms with van der Waals surface area (Å²) in [6, 6.07) is 0. The number of esters is 1. The van der Waals surface area contributed by atoms with E-state index in [4.69, 9.17) is 9.47 Å². The van der Waals surface area contributed by atoms with Crippen LogP contribution in [0.5, 0.6) is 0 Å². The van der Waals surface area contributed by atoms with Crippen LogP contribution < -0.4 is 5.32 Å². The summed E-state index contributed by atoms with van der Waals surface area (Å²) in [7, 11) is 1.46. The Morgan fingerprint density at radius 2 is 2.00 bits per heavy atom. The molecule has 0 amide bonds. The Balaban J connectivity index is 2.74. The van der Waals surface area contributed by atoms with Crippen molar-refractivity contribution in [3.05, 3.63) is 0 Å². The van der Waals surface area contributed by atoms with Crippen molar-refractivity contribution in [2.75, 3.05) is 20.3 Å². The molecule has 1 rings (SSSR count). The number of carbonyl (C=O) groups is 1. The monoisotopic (exact) mass is 271 g/mol. The van der Waals surface area contributed by atoms with Gasteiger partial charge in [-0.05, 0) is 44.6 Å². The molecule has 0 heterocycles. The maximum Gasteiger partial charge on any atom is 0.328 e. The average Bonchev–Trinajstić information content (AvgIpc) is 3.22. The van der Waals surface area contributed by atoms with Crippen LogP contribution in [0, 0.1) is 11.8 Å². The molecule has 0 saturated heterocycles. The largest absolute Gasteiger partial charge is 0.468 e. The number of ether oxygens (including phenoxy) is 2. The molecule has 1 aliphatic rings. The van der Waals surface area contributed by atoms with E-state index >= 15 is 0 Å². The molecule has 4 nitrogen and oxygen atoms in total. The summed E-state index contributed by atoms with van der Waals surface area (Å²) >= 11 is 0. The van der Waals surface area contributed by atoms with E-state index in [1.165, 1.54) is 7.11 Å². The van der Waals surface area contributed by atoms with E-state index in [9.17, 15) is 4.79 Å². The second kappa shape index (κ2) is 7.25. The van der Waals surface area contributed by atoms with Gasteiger partial charge in [-0.25, -0.2) is 4.79 Å². The van der Waals surface area contributed by atoms with E-state index in [1.54, 1.807) is 0 Å². The van der Waals surface area contributed by atoms with E-state index in [2.05, 4.69) is 33.0 Å². The zero-order valence-electron chi connectivity index (χ0n) is 13.0. The number of hydrogen-bond donors (Lipinski definition) is 1. The first kappa shape index (κ1) is 16.4. The third-order valence-corrected chi connectivity index (χ3v) is 4.03. The lowest BCUT2D eigenvalue weighted by molar-refractivity contribution is -0.154. The number of methoxy groups -OCH3 is 1. The summed E-state index contributed by atoms with van der Waals surface area (Å²) in [5.74, 6) is 0.617. The quantitative estimate of drug-likeness (QED) is 0.654. The molecule has 2 unspecified atom stereocenters. The standard InChI is InChI=1S/C15H29NO3/c1-6-9-16-15(13-7-8-13,14(17)18-5)10-19-12(4)11(2)3/h11-13,16H,6-10H2,1-5H3. The van der Waals surface area contributed by atoms with Gasteiger partial charge in [-0.15, -0.1) is 0 Å². The number of nitrogens with one attached hydrogen (secondary N) is 1. The highest BCUT2D eigenvalue weighted by molar-refractivity contribution is 5.82. The highest BCUT2D eigenvalue weighted by Gasteiger charge is 2.52. The molecule has 1 N–H and O–H groups in total. The lowest BCUT2D eigenvalue weighted by atomic mass is 9.93. The molecule has 0 aromatic rings. The predicted molar refractivity (Wildman–Crippen MR) is 76.0 cm³/mol. The first-order valence-corrected chi connectivity index (χ1v) is 7.43. The Morgan fingerprint density at radius 1 is 1.37 bits per heavy atom. The van der Waals surface area contributed by atoms with Gasteiger partial charge in [-0.1, -0.05) is 20.8 Å². The molecule has 1 saturated carbocycles. The maximum absolute atomic E-state index is 12.2. The molecule has 19 heavy (non-hydrogen) atoms. The summed E-state index contributed by atoms with van der Waals surface area (Å²) in [6.45, 7) is 9.62. The van der Waals surface area contributed by atoms with Crippen LogP contribution >= 0.6 is 0 Å². The van der Waals surface area contributed by atoms with Gasteiger partial charge < -0.3 is 9.47 Å². The van der Waals surface area contributed by atoms with Gasteiger partial charge >= 0.3 is 5.97 Å². The molecule has 2 atom stereocenters. The molecular weight excluding hydrogens is 242 g/mol. The van der Waals surface area contributed by atoms with Crippen LogP contribution in [0.4, 0.5) is 0 Å². The van der Waals surface area contributed by atoms with E-state index in [0.717, 1.165) is 25.8 Å². The van der Waals surface area contributed by atoms with Crippen LogP contribution in [0.2, 0.25) is 0 Å². The number of hydrogen-bond acceptors (Lipinski definition) is 4. The molecule has 112 valence electrons. The molecular formula is C15H29NO3. The highest BCUT2D eigenvalue weighted by Crippen LogP contribution is 2.41. The van der Waals surface area contributed by atoms with Crippen molar-refractivity contribution in [3.63, 3.8) is 0 Å². The predicted octanol–water partition coefficient (Wildman–Crippen LogP) is 2.37.